The summed E-state index contributed by atoms with van der Waals surface area (Å²) in [6, 6.07) is 0. The highest BCUT2D eigenvalue weighted by atomic mass is 35.5. The van der Waals surface area contributed by atoms with Crippen molar-refractivity contribution in [1.82, 2.24) is 0 Å². The molecule has 4 fully saturated rings. The number of ether oxygens (including phenoxy) is 2. The largest absolute Gasteiger partial charge is 0.458 e. The second-order valence-electron chi connectivity index (χ2n) is 14.8. The molecule has 36 heavy (non-hydrogen) atoms. The van der Waals surface area contributed by atoms with Gasteiger partial charge in [0, 0.05) is 24.1 Å². The maximum atomic E-state index is 12.3. The van der Waals surface area contributed by atoms with Gasteiger partial charge in [0.25, 0.3) is 0 Å². The lowest BCUT2D eigenvalue weighted by molar-refractivity contribution is -0.158. The number of epoxide rings is 1. The SMILES string of the molecule is CC(=O)OC1C=C2C[C@@H](O[Si](C)(C)C(C)(C)C)C3OC3[C@]2(C)[C@H]2CC[C@]3(C)[C@@H]([C@H](C)CCl)CC[C@H]3[C@H]12. The van der Waals surface area contributed by atoms with Crippen LogP contribution in [0.4, 0.5) is 0 Å². The summed E-state index contributed by atoms with van der Waals surface area (Å²) >= 11 is 6.38. The average Bonchev–Trinajstić information content (AvgIpc) is 3.50. The Bertz CT molecular complexity index is 926. The van der Waals surface area contributed by atoms with E-state index in [0.717, 1.165) is 12.3 Å². The van der Waals surface area contributed by atoms with Crippen LogP contribution in [0.5, 0.6) is 0 Å². The Hall–Kier alpha value is -0.363. The molecule has 1 aliphatic heterocycles. The minimum absolute atomic E-state index is 0.0107. The lowest BCUT2D eigenvalue weighted by Crippen LogP contribution is -2.58. The second kappa shape index (κ2) is 8.83. The van der Waals surface area contributed by atoms with Crippen LogP contribution in [0.3, 0.4) is 0 Å². The van der Waals surface area contributed by atoms with Gasteiger partial charge < -0.3 is 13.9 Å². The van der Waals surface area contributed by atoms with Gasteiger partial charge in [-0.15, -0.1) is 11.6 Å². The van der Waals surface area contributed by atoms with Crippen LogP contribution in [0.15, 0.2) is 11.6 Å². The smallest absolute Gasteiger partial charge is 0.303 e. The molecular formula is C30H49ClO4Si. The fourth-order valence-electron chi connectivity index (χ4n) is 9.03. The van der Waals surface area contributed by atoms with E-state index in [1.54, 1.807) is 6.92 Å². The normalized spacial score (nSPS) is 46.6. The van der Waals surface area contributed by atoms with E-state index in [9.17, 15) is 4.79 Å². The van der Waals surface area contributed by atoms with Crippen LogP contribution < -0.4 is 0 Å². The van der Waals surface area contributed by atoms with Crippen LogP contribution in [0.25, 0.3) is 0 Å². The van der Waals surface area contributed by atoms with E-state index in [-0.39, 0.29) is 46.3 Å². The molecule has 3 unspecified atom stereocenters. The third kappa shape index (κ3) is 4.00. The lowest BCUT2D eigenvalue weighted by Gasteiger charge is -2.59. The van der Waals surface area contributed by atoms with E-state index in [0.29, 0.717) is 29.6 Å². The summed E-state index contributed by atoms with van der Waals surface area (Å²) < 4.78 is 19.6. The molecule has 0 aromatic rings. The van der Waals surface area contributed by atoms with Gasteiger partial charge in [-0.3, -0.25) is 4.79 Å². The molecule has 0 amide bonds. The number of carbonyl (C=O) groups excluding carboxylic acids is 1. The maximum absolute atomic E-state index is 12.3. The summed E-state index contributed by atoms with van der Waals surface area (Å²) in [5.74, 6) is 3.13. The fourth-order valence-corrected chi connectivity index (χ4v) is 10.6. The maximum Gasteiger partial charge on any atom is 0.303 e. The monoisotopic (exact) mass is 536 g/mol. The van der Waals surface area contributed by atoms with Crippen LogP contribution in [0.2, 0.25) is 18.1 Å². The highest BCUT2D eigenvalue weighted by Gasteiger charge is 2.70. The number of carbonyl (C=O) groups is 1. The number of esters is 1. The molecule has 3 saturated carbocycles. The molecule has 0 N–H and O–H groups in total. The first-order chi connectivity index (χ1) is 16.6. The summed E-state index contributed by atoms with van der Waals surface area (Å²) in [6.45, 7) is 20.5. The number of alkyl halides is 1. The number of fused-ring (bicyclic) bond motifs is 7. The van der Waals surface area contributed by atoms with E-state index in [1.807, 2.05) is 0 Å². The summed E-state index contributed by atoms with van der Waals surface area (Å²) in [4.78, 5) is 12.3. The van der Waals surface area contributed by atoms with Crippen molar-refractivity contribution in [3.8, 4) is 0 Å². The zero-order chi connectivity index (χ0) is 26.4. The molecule has 1 saturated heterocycles. The summed E-state index contributed by atoms with van der Waals surface area (Å²) in [5, 5.41) is 0.164. The minimum atomic E-state index is -1.92. The lowest BCUT2D eigenvalue weighted by atomic mass is 9.46. The van der Waals surface area contributed by atoms with Crippen molar-refractivity contribution in [1.29, 1.82) is 0 Å². The molecule has 5 aliphatic rings. The van der Waals surface area contributed by atoms with Crippen molar-refractivity contribution in [2.45, 2.75) is 123 Å². The Morgan fingerprint density at radius 1 is 1.22 bits per heavy atom. The van der Waals surface area contributed by atoms with Gasteiger partial charge in [0.05, 0.1) is 12.2 Å². The third-order valence-corrected chi connectivity index (χ3v) is 17.0. The molecule has 0 aromatic carbocycles. The van der Waals surface area contributed by atoms with Gasteiger partial charge in [0.15, 0.2) is 8.32 Å². The van der Waals surface area contributed by atoms with E-state index >= 15 is 0 Å². The summed E-state index contributed by atoms with van der Waals surface area (Å²) in [6.07, 6.45) is 8.51. The van der Waals surface area contributed by atoms with Crippen LogP contribution in [-0.2, 0) is 18.7 Å². The van der Waals surface area contributed by atoms with Crippen molar-refractivity contribution in [2.75, 3.05) is 5.88 Å². The first kappa shape index (κ1) is 27.2. The average molecular weight is 537 g/mol. The molecule has 1 heterocycles. The minimum Gasteiger partial charge on any atom is -0.458 e. The Morgan fingerprint density at radius 2 is 1.92 bits per heavy atom. The number of rotatable bonds is 5. The van der Waals surface area contributed by atoms with Crippen molar-refractivity contribution >= 4 is 25.9 Å². The van der Waals surface area contributed by atoms with Crippen LogP contribution >= 0.6 is 11.6 Å². The fraction of sp³-hybridized carbons (Fsp3) is 0.900. The van der Waals surface area contributed by atoms with Crippen molar-refractivity contribution < 1.29 is 18.7 Å². The third-order valence-electron chi connectivity index (χ3n) is 12.0. The van der Waals surface area contributed by atoms with Crippen LogP contribution in [0.1, 0.15) is 80.6 Å². The van der Waals surface area contributed by atoms with E-state index in [1.165, 1.54) is 31.3 Å². The standard InChI is InChI=1S/C30H49ClO4Si/c1-17(16-31)20-10-11-21-25-22(12-13-29(20,21)6)30(7)19(14-23(25)33-18(2)32)15-24(26-27(30)34-26)35-36(8,9)28(3,4)5/h14,17,20-27H,10-13,15-16H2,1-9H3/t17-,20-,21+,22+,23?,24-,25+,26?,27?,29-,30+/m1/s1. The molecule has 0 bridgehead atoms. The Balaban J connectivity index is 1.49. The van der Waals surface area contributed by atoms with E-state index in [4.69, 9.17) is 25.5 Å². The van der Waals surface area contributed by atoms with Gasteiger partial charge in [-0.25, -0.2) is 0 Å². The Kier molecular flexibility index (Phi) is 6.67. The Labute approximate surface area is 225 Å². The van der Waals surface area contributed by atoms with Crippen molar-refractivity contribution in [3.05, 3.63) is 11.6 Å². The summed E-state index contributed by atoms with van der Waals surface area (Å²) in [7, 11) is -1.92. The molecule has 4 nitrogen and oxygen atoms in total. The number of hydrogen-bond donors (Lipinski definition) is 0. The van der Waals surface area contributed by atoms with Gasteiger partial charge in [-0.2, -0.15) is 0 Å². The Morgan fingerprint density at radius 3 is 2.53 bits per heavy atom. The van der Waals surface area contributed by atoms with Gasteiger partial charge in [-0.05, 0) is 85.4 Å². The topological polar surface area (TPSA) is 48.1 Å². The summed E-state index contributed by atoms with van der Waals surface area (Å²) in [5.41, 5.74) is 1.70. The van der Waals surface area contributed by atoms with Gasteiger partial charge in [0.2, 0.25) is 0 Å². The zero-order valence-electron chi connectivity index (χ0n) is 24.0. The van der Waals surface area contributed by atoms with E-state index in [2.05, 4.69) is 60.7 Å². The van der Waals surface area contributed by atoms with Gasteiger partial charge in [0.1, 0.15) is 12.2 Å². The first-order valence-corrected chi connectivity index (χ1v) is 17.9. The molecule has 0 radical (unpaired) electrons. The molecule has 5 rings (SSSR count). The van der Waals surface area contributed by atoms with Crippen LogP contribution in [0, 0.1) is 40.4 Å². The molecule has 204 valence electrons. The zero-order valence-corrected chi connectivity index (χ0v) is 25.8. The quantitative estimate of drug-likeness (QED) is 0.121. The molecule has 4 aliphatic carbocycles. The number of halogens is 1. The van der Waals surface area contributed by atoms with Crippen molar-refractivity contribution in [3.63, 3.8) is 0 Å². The molecular weight excluding hydrogens is 488 g/mol. The first-order valence-electron chi connectivity index (χ1n) is 14.4. The van der Waals surface area contributed by atoms with Gasteiger partial charge in [-0.1, -0.05) is 47.1 Å². The van der Waals surface area contributed by atoms with Gasteiger partial charge >= 0.3 is 5.97 Å². The van der Waals surface area contributed by atoms with Crippen molar-refractivity contribution in [2.24, 2.45) is 40.4 Å². The molecule has 6 heteroatoms. The predicted octanol–water partition coefficient (Wildman–Crippen LogP) is 7.36. The second-order valence-corrected chi connectivity index (χ2v) is 19.9. The van der Waals surface area contributed by atoms with Crippen LogP contribution in [-0.4, -0.2) is 44.6 Å². The molecule has 0 spiro atoms. The highest BCUT2D eigenvalue weighted by molar-refractivity contribution is 6.74. The highest BCUT2D eigenvalue weighted by Crippen LogP contribution is 2.69. The number of hydrogen-bond acceptors (Lipinski definition) is 4. The molecule has 0 aromatic heterocycles. The predicted molar refractivity (Wildman–Crippen MR) is 148 cm³/mol. The molecule has 11 atom stereocenters. The van der Waals surface area contributed by atoms with E-state index < -0.39 is 8.32 Å².